The van der Waals surface area contributed by atoms with Gasteiger partial charge in [-0.3, -0.25) is 9.59 Å². The first-order valence-electron chi connectivity index (χ1n) is 9.50. The number of nitrogens with zero attached hydrogens (tertiary/aromatic N) is 6. The molecule has 2 fully saturated rings. The van der Waals surface area contributed by atoms with Crippen LogP contribution in [0.1, 0.15) is 29.1 Å². The molecule has 8 nitrogen and oxygen atoms in total. The van der Waals surface area contributed by atoms with Gasteiger partial charge in [-0.05, 0) is 23.8 Å². The van der Waals surface area contributed by atoms with Crippen LogP contribution in [0.25, 0.3) is 5.78 Å². The van der Waals surface area contributed by atoms with Gasteiger partial charge in [-0.2, -0.15) is 4.98 Å². The van der Waals surface area contributed by atoms with Crippen molar-refractivity contribution < 1.29 is 14.0 Å². The molecule has 2 amide bonds. The molecule has 0 unspecified atom stereocenters. The number of hydrogen-bond donors (Lipinski definition) is 0. The second kappa shape index (κ2) is 6.61. The van der Waals surface area contributed by atoms with Crippen LogP contribution in [0.3, 0.4) is 0 Å². The Bertz CT molecular complexity index is 1080. The summed E-state index contributed by atoms with van der Waals surface area (Å²) in [5.41, 5.74) is 0.761. The van der Waals surface area contributed by atoms with Crippen LogP contribution in [0.5, 0.6) is 0 Å². The average molecular weight is 394 g/mol. The lowest BCUT2D eigenvalue weighted by Crippen LogP contribution is -2.36. The first-order valence-corrected chi connectivity index (χ1v) is 9.50. The maximum Gasteiger partial charge on any atom is 0.293 e. The number of amides is 2. The summed E-state index contributed by atoms with van der Waals surface area (Å²) in [7, 11) is 0. The SMILES string of the molecule is CC(=O)N1C[C@H]2CN(C(=O)c3nc4ncccn4n3)C[C@H]2[C@@H]1c1cccc(F)c1. The molecule has 3 atom stereocenters. The van der Waals surface area contributed by atoms with Crippen molar-refractivity contribution in [3.8, 4) is 0 Å². The summed E-state index contributed by atoms with van der Waals surface area (Å²) in [6.07, 6.45) is 3.29. The van der Waals surface area contributed by atoms with E-state index in [2.05, 4.69) is 15.1 Å². The Kier molecular flexibility index (Phi) is 4.04. The standard InChI is InChI=1S/C20H19FN6O2/c1-12(28)26-10-14-9-25(11-16(14)17(26)13-4-2-5-15(21)8-13)19(29)18-23-20-22-6-3-7-27(20)24-18/h2-8,14,16-17H,9-11H2,1H3/t14-,16-,17+/m1/s1. The number of hydrogen-bond acceptors (Lipinski definition) is 5. The van der Waals surface area contributed by atoms with Gasteiger partial charge in [0.05, 0.1) is 6.04 Å². The molecule has 1 aromatic carbocycles. The molecule has 5 rings (SSSR count). The number of carbonyl (C=O) groups excluding carboxylic acids is 2. The second-order valence-corrected chi connectivity index (χ2v) is 7.60. The maximum absolute atomic E-state index is 13.8. The van der Waals surface area contributed by atoms with Crippen LogP contribution >= 0.6 is 0 Å². The summed E-state index contributed by atoms with van der Waals surface area (Å²) in [6, 6.07) is 7.83. The van der Waals surface area contributed by atoms with Crippen molar-refractivity contribution in [3.05, 3.63) is 59.9 Å². The summed E-state index contributed by atoms with van der Waals surface area (Å²) >= 11 is 0. The van der Waals surface area contributed by atoms with Crippen LogP contribution in [0, 0.1) is 17.7 Å². The number of halogens is 1. The van der Waals surface area contributed by atoms with E-state index in [1.807, 2.05) is 6.07 Å². The van der Waals surface area contributed by atoms with E-state index in [4.69, 9.17) is 0 Å². The summed E-state index contributed by atoms with van der Waals surface area (Å²) in [5, 5.41) is 4.22. The van der Waals surface area contributed by atoms with Crippen molar-refractivity contribution >= 4 is 17.6 Å². The molecule has 0 aliphatic carbocycles. The van der Waals surface area contributed by atoms with Crippen LogP contribution < -0.4 is 0 Å². The monoisotopic (exact) mass is 394 g/mol. The highest BCUT2D eigenvalue weighted by Crippen LogP contribution is 2.45. The molecule has 0 bridgehead atoms. The molecule has 2 saturated heterocycles. The first-order chi connectivity index (χ1) is 14.0. The molecular formula is C20H19FN6O2. The number of fused-ring (bicyclic) bond motifs is 2. The van der Waals surface area contributed by atoms with Gasteiger partial charge >= 0.3 is 0 Å². The third-order valence-electron chi connectivity index (χ3n) is 5.85. The van der Waals surface area contributed by atoms with E-state index >= 15 is 0 Å². The largest absolute Gasteiger partial charge is 0.335 e. The summed E-state index contributed by atoms with van der Waals surface area (Å²) in [4.78, 5) is 37.0. The van der Waals surface area contributed by atoms with Gasteiger partial charge in [0.2, 0.25) is 11.7 Å². The fraction of sp³-hybridized carbons (Fsp3) is 0.350. The lowest BCUT2D eigenvalue weighted by molar-refractivity contribution is -0.130. The van der Waals surface area contributed by atoms with Gasteiger partial charge in [0.25, 0.3) is 11.7 Å². The Morgan fingerprint density at radius 2 is 2.03 bits per heavy atom. The minimum atomic E-state index is -0.332. The van der Waals surface area contributed by atoms with Crippen LogP contribution in [-0.2, 0) is 4.79 Å². The molecule has 2 aromatic heterocycles. The molecule has 148 valence electrons. The van der Waals surface area contributed by atoms with Crippen LogP contribution in [-0.4, -0.2) is 60.8 Å². The number of carbonyl (C=O) groups is 2. The van der Waals surface area contributed by atoms with Crippen molar-refractivity contribution in [2.45, 2.75) is 13.0 Å². The minimum absolute atomic E-state index is 0.0415. The molecule has 0 radical (unpaired) electrons. The molecule has 2 aliphatic heterocycles. The molecule has 4 heterocycles. The van der Waals surface area contributed by atoms with E-state index < -0.39 is 0 Å². The molecule has 0 N–H and O–H groups in total. The van der Waals surface area contributed by atoms with E-state index in [1.165, 1.54) is 23.6 Å². The second-order valence-electron chi connectivity index (χ2n) is 7.60. The number of aromatic nitrogens is 4. The zero-order valence-corrected chi connectivity index (χ0v) is 15.8. The third kappa shape index (κ3) is 2.93. The van der Waals surface area contributed by atoms with Crippen molar-refractivity contribution in [2.75, 3.05) is 19.6 Å². The van der Waals surface area contributed by atoms with E-state index in [0.717, 1.165) is 5.56 Å². The topological polar surface area (TPSA) is 83.7 Å². The molecule has 0 spiro atoms. The van der Waals surface area contributed by atoms with Gasteiger partial charge in [-0.25, -0.2) is 13.9 Å². The Balaban J connectivity index is 1.42. The fourth-order valence-corrected chi connectivity index (χ4v) is 4.62. The highest BCUT2D eigenvalue weighted by molar-refractivity contribution is 5.91. The van der Waals surface area contributed by atoms with Gasteiger partial charge < -0.3 is 9.80 Å². The van der Waals surface area contributed by atoms with Gasteiger partial charge in [0.15, 0.2) is 0 Å². The smallest absolute Gasteiger partial charge is 0.293 e. The maximum atomic E-state index is 13.8. The summed E-state index contributed by atoms with van der Waals surface area (Å²) in [5.74, 6) is 0.0230. The van der Waals surface area contributed by atoms with Crippen molar-refractivity contribution in [1.82, 2.24) is 29.4 Å². The fourth-order valence-electron chi connectivity index (χ4n) is 4.62. The molecule has 0 saturated carbocycles. The van der Waals surface area contributed by atoms with Crippen LogP contribution in [0.2, 0.25) is 0 Å². The minimum Gasteiger partial charge on any atom is -0.335 e. The van der Waals surface area contributed by atoms with E-state index in [-0.39, 0.29) is 41.3 Å². The Morgan fingerprint density at radius 1 is 1.17 bits per heavy atom. The average Bonchev–Trinajstić information content (AvgIpc) is 3.39. The van der Waals surface area contributed by atoms with Gasteiger partial charge in [-0.15, -0.1) is 5.10 Å². The predicted molar refractivity (Wildman–Crippen MR) is 100 cm³/mol. The summed E-state index contributed by atoms with van der Waals surface area (Å²) < 4.78 is 15.3. The van der Waals surface area contributed by atoms with Crippen molar-refractivity contribution in [1.29, 1.82) is 0 Å². The lowest BCUT2D eigenvalue weighted by atomic mass is 9.89. The zero-order chi connectivity index (χ0) is 20.1. The quantitative estimate of drug-likeness (QED) is 0.659. The lowest BCUT2D eigenvalue weighted by Gasteiger charge is -2.29. The van der Waals surface area contributed by atoms with Crippen LogP contribution in [0.4, 0.5) is 4.39 Å². The van der Waals surface area contributed by atoms with E-state index in [1.54, 1.807) is 34.3 Å². The third-order valence-corrected chi connectivity index (χ3v) is 5.85. The van der Waals surface area contributed by atoms with Crippen LogP contribution in [0.15, 0.2) is 42.7 Å². The molecule has 2 aliphatic rings. The van der Waals surface area contributed by atoms with E-state index in [9.17, 15) is 14.0 Å². The summed E-state index contributed by atoms with van der Waals surface area (Å²) in [6.45, 7) is 3.06. The predicted octanol–water partition coefficient (Wildman–Crippen LogP) is 1.55. The van der Waals surface area contributed by atoms with Gasteiger partial charge in [-0.1, -0.05) is 12.1 Å². The van der Waals surface area contributed by atoms with E-state index in [0.29, 0.717) is 25.4 Å². The van der Waals surface area contributed by atoms with Crippen molar-refractivity contribution in [3.63, 3.8) is 0 Å². The van der Waals surface area contributed by atoms with Crippen molar-refractivity contribution in [2.24, 2.45) is 11.8 Å². The van der Waals surface area contributed by atoms with Gasteiger partial charge in [0.1, 0.15) is 5.82 Å². The highest BCUT2D eigenvalue weighted by Gasteiger charge is 2.49. The number of likely N-dealkylation sites (tertiary alicyclic amines) is 2. The molecule has 9 heteroatoms. The molecule has 3 aromatic rings. The number of benzene rings is 1. The highest BCUT2D eigenvalue weighted by atomic mass is 19.1. The normalized spacial score (nSPS) is 23.6. The first kappa shape index (κ1) is 17.7. The zero-order valence-electron chi connectivity index (χ0n) is 15.8. The Hall–Kier alpha value is -3.36. The molecule has 29 heavy (non-hydrogen) atoms. The molecular weight excluding hydrogens is 375 g/mol. The Morgan fingerprint density at radius 3 is 2.79 bits per heavy atom. The van der Waals surface area contributed by atoms with Gasteiger partial charge in [0, 0.05) is 50.8 Å². The number of rotatable bonds is 2. The Labute approximate surface area is 166 Å².